The van der Waals surface area contributed by atoms with E-state index in [0.717, 1.165) is 5.56 Å². The van der Waals surface area contributed by atoms with Gasteiger partial charge in [-0.1, -0.05) is 29.8 Å². The fourth-order valence-electron chi connectivity index (χ4n) is 2.49. The Morgan fingerprint density at radius 2 is 1.90 bits per heavy atom. The molecule has 1 atom stereocenters. The van der Waals surface area contributed by atoms with Crippen molar-refractivity contribution in [3.8, 4) is 6.07 Å². The highest BCUT2D eigenvalue weighted by atomic mass is 16.6. The molecule has 1 aromatic rings. The second kappa shape index (κ2) is 7.09. The molecule has 0 spiro atoms. The van der Waals surface area contributed by atoms with Crippen molar-refractivity contribution in [3.63, 3.8) is 0 Å². The van der Waals surface area contributed by atoms with Crippen molar-refractivity contribution in [1.82, 2.24) is 9.80 Å². The van der Waals surface area contributed by atoms with E-state index in [4.69, 9.17) is 4.74 Å². The number of aryl methyl sites for hydroxylation is 1. The Balaban J connectivity index is 1.98. The minimum atomic E-state index is -0.263. The molecule has 0 aliphatic carbocycles. The summed E-state index contributed by atoms with van der Waals surface area (Å²) in [5, 5.41) is 9.46. The first-order valence-electron chi connectivity index (χ1n) is 7.27. The molecule has 0 aromatic heterocycles. The zero-order valence-electron chi connectivity index (χ0n) is 12.6. The normalized spacial score (nSPS) is 17.1. The first-order chi connectivity index (χ1) is 10.2. The van der Waals surface area contributed by atoms with Gasteiger partial charge in [0, 0.05) is 26.2 Å². The number of nitrogens with zero attached hydrogens (tertiary/aromatic N) is 3. The number of ether oxygens (including phenoxy) is 1. The number of nitriles is 1. The fourth-order valence-corrected chi connectivity index (χ4v) is 2.49. The molecule has 0 N–H and O–H groups in total. The van der Waals surface area contributed by atoms with Gasteiger partial charge in [0.15, 0.2) is 0 Å². The number of hydrogen-bond acceptors (Lipinski definition) is 4. The smallest absolute Gasteiger partial charge is 0.409 e. The lowest BCUT2D eigenvalue weighted by molar-refractivity contribution is 0.0733. The molecule has 1 unspecified atom stereocenters. The zero-order chi connectivity index (χ0) is 15.2. The molecule has 112 valence electrons. The maximum atomic E-state index is 11.7. The monoisotopic (exact) mass is 287 g/mol. The van der Waals surface area contributed by atoms with Crippen molar-refractivity contribution < 1.29 is 9.53 Å². The van der Waals surface area contributed by atoms with Crippen LogP contribution in [0, 0.1) is 18.3 Å². The van der Waals surface area contributed by atoms with Crippen LogP contribution in [0.25, 0.3) is 0 Å². The van der Waals surface area contributed by atoms with E-state index in [1.165, 1.54) is 5.56 Å². The lowest BCUT2D eigenvalue weighted by Gasteiger charge is -2.36. The van der Waals surface area contributed by atoms with Gasteiger partial charge in [-0.2, -0.15) is 5.26 Å². The summed E-state index contributed by atoms with van der Waals surface area (Å²) in [6.45, 7) is 6.80. The summed E-state index contributed by atoms with van der Waals surface area (Å²) in [5.41, 5.74) is 2.19. The number of piperazine rings is 1. The third-order valence-electron chi connectivity index (χ3n) is 3.72. The number of benzene rings is 1. The van der Waals surface area contributed by atoms with Gasteiger partial charge in [0.2, 0.25) is 0 Å². The Labute approximate surface area is 125 Å². The van der Waals surface area contributed by atoms with Gasteiger partial charge in [0.05, 0.1) is 12.7 Å². The van der Waals surface area contributed by atoms with Gasteiger partial charge in [-0.3, -0.25) is 4.90 Å². The second-order valence-corrected chi connectivity index (χ2v) is 5.16. The molecule has 2 rings (SSSR count). The van der Waals surface area contributed by atoms with Crippen molar-refractivity contribution in [1.29, 1.82) is 5.26 Å². The topological polar surface area (TPSA) is 56.6 Å². The predicted octanol–water partition coefficient (Wildman–Crippen LogP) is 2.33. The molecule has 5 heteroatoms. The van der Waals surface area contributed by atoms with Gasteiger partial charge in [0.25, 0.3) is 0 Å². The van der Waals surface area contributed by atoms with Crippen molar-refractivity contribution in [2.24, 2.45) is 0 Å². The highest BCUT2D eigenvalue weighted by Gasteiger charge is 2.27. The van der Waals surface area contributed by atoms with E-state index in [1.807, 2.05) is 31.2 Å². The third kappa shape index (κ3) is 3.73. The highest BCUT2D eigenvalue weighted by molar-refractivity contribution is 5.67. The predicted molar refractivity (Wildman–Crippen MR) is 79.7 cm³/mol. The number of hydrogen-bond donors (Lipinski definition) is 0. The Hall–Kier alpha value is -2.06. The zero-order valence-corrected chi connectivity index (χ0v) is 12.6. The van der Waals surface area contributed by atoms with E-state index in [2.05, 4.69) is 11.0 Å². The first-order valence-corrected chi connectivity index (χ1v) is 7.27. The molecule has 21 heavy (non-hydrogen) atoms. The van der Waals surface area contributed by atoms with Crippen LogP contribution in [-0.2, 0) is 4.74 Å². The van der Waals surface area contributed by atoms with E-state index >= 15 is 0 Å². The maximum absolute atomic E-state index is 11.7. The lowest BCUT2D eigenvalue weighted by Crippen LogP contribution is -2.49. The molecular weight excluding hydrogens is 266 g/mol. The third-order valence-corrected chi connectivity index (χ3v) is 3.72. The molecule has 1 amide bonds. The average Bonchev–Trinajstić information content (AvgIpc) is 2.51. The van der Waals surface area contributed by atoms with Crippen LogP contribution in [0.5, 0.6) is 0 Å². The Morgan fingerprint density at radius 3 is 2.43 bits per heavy atom. The van der Waals surface area contributed by atoms with Gasteiger partial charge in [-0.25, -0.2) is 4.79 Å². The Kier molecular flexibility index (Phi) is 5.18. The van der Waals surface area contributed by atoms with E-state index in [-0.39, 0.29) is 12.1 Å². The van der Waals surface area contributed by atoms with E-state index in [1.54, 1.807) is 11.8 Å². The van der Waals surface area contributed by atoms with Crippen LogP contribution in [0.3, 0.4) is 0 Å². The van der Waals surface area contributed by atoms with Crippen LogP contribution >= 0.6 is 0 Å². The van der Waals surface area contributed by atoms with Gasteiger partial charge in [-0.05, 0) is 19.4 Å². The number of carbonyl (C=O) groups is 1. The summed E-state index contributed by atoms with van der Waals surface area (Å²) in [7, 11) is 0. The van der Waals surface area contributed by atoms with Crippen molar-refractivity contribution in [2.75, 3.05) is 32.8 Å². The maximum Gasteiger partial charge on any atom is 0.409 e. The molecule has 1 aliphatic heterocycles. The number of carbonyl (C=O) groups excluding carboxylic acids is 1. The molecular formula is C16H21N3O2. The summed E-state index contributed by atoms with van der Waals surface area (Å²) in [6.07, 6.45) is -0.263. The fraction of sp³-hybridized carbons (Fsp3) is 0.500. The molecule has 1 aromatic carbocycles. The highest BCUT2D eigenvalue weighted by Crippen LogP contribution is 2.22. The van der Waals surface area contributed by atoms with Crippen LogP contribution in [0.4, 0.5) is 4.79 Å². The molecule has 1 saturated heterocycles. The van der Waals surface area contributed by atoms with E-state index in [9.17, 15) is 10.1 Å². The molecule has 0 saturated carbocycles. The largest absolute Gasteiger partial charge is 0.450 e. The lowest BCUT2D eigenvalue weighted by atomic mass is 10.0. The van der Waals surface area contributed by atoms with Gasteiger partial charge >= 0.3 is 6.09 Å². The summed E-state index contributed by atoms with van der Waals surface area (Å²) >= 11 is 0. The number of rotatable bonds is 3. The first kappa shape index (κ1) is 15.3. The Bertz CT molecular complexity index is 513. The van der Waals surface area contributed by atoms with Gasteiger partial charge in [-0.15, -0.1) is 0 Å². The van der Waals surface area contributed by atoms with Gasteiger partial charge < -0.3 is 9.64 Å². The molecule has 1 fully saturated rings. The van der Waals surface area contributed by atoms with Gasteiger partial charge in [0.1, 0.15) is 6.04 Å². The van der Waals surface area contributed by atoms with Crippen LogP contribution in [0.1, 0.15) is 24.1 Å². The van der Waals surface area contributed by atoms with Crippen LogP contribution < -0.4 is 0 Å². The summed E-state index contributed by atoms with van der Waals surface area (Å²) in [5.74, 6) is 0. The summed E-state index contributed by atoms with van der Waals surface area (Å²) < 4.78 is 5.00. The van der Waals surface area contributed by atoms with Crippen LogP contribution in [0.2, 0.25) is 0 Å². The van der Waals surface area contributed by atoms with E-state index < -0.39 is 0 Å². The second-order valence-electron chi connectivity index (χ2n) is 5.16. The quantitative estimate of drug-likeness (QED) is 0.856. The number of amides is 1. The SMILES string of the molecule is CCOC(=O)N1CCN(C(C#N)c2ccc(C)cc2)CC1. The molecule has 1 heterocycles. The average molecular weight is 287 g/mol. The van der Waals surface area contributed by atoms with Crippen LogP contribution in [0.15, 0.2) is 24.3 Å². The molecule has 5 nitrogen and oxygen atoms in total. The molecule has 0 bridgehead atoms. The minimum absolute atomic E-state index is 0.255. The van der Waals surface area contributed by atoms with Crippen molar-refractivity contribution >= 4 is 6.09 Å². The Morgan fingerprint density at radius 1 is 1.29 bits per heavy atom. The van der Waals surface area contributed by atoms with E-state index in [0.29, 0.717) is 32.8 Å². The summed E-state index contributed by atoms with van der Waals surface area (Å²) in [4.78, 5) is 15.5. The van der Waals surface area contributed by atoms with Crippen molar-refractivity contribution in [3.05, 3.63) is 35.4 Å². The molecule has 1 aliphatic rings. The molecule has 0 radical (unpaired) electrons. The standard InChI is InChI=1S/C16H21N3O2/c1-3-21-16(20)19-10-8-18(9-11-19)15(12-17)14-6-4-13(2)5-7-14/h4-7,15H,3,8-11H2,1-2H3. The minimum Gasteiger partial charge on any atom is -0.450 e. The van der Waals surface area contributed by atoms with Crippen molar-refractivity contribution in [2.45, 2.75) is 19.9 Å². The van der Waals surface area contributed by atoms with Crippen LogP contribution in [-0.4, -0.2) is 48.7 Å². The summed E-state index contributed by atoms with van der Waals surface area (Å²) in [6, 6.07) is 10.2.